The van der Waals surface area contributed by atoms with Crippen LogP contribution < -0.4 is 5.32 Å². The smallest absolute Gasteiger partial charge is 0.0642 e. The second kappa shape index (κ2) is 5.50. The lowest BCUT2D eigenvalue weighted by Gasteiger charge is -2.28. The Morgan fingerprint density at radius 3 is 2.59 bits per heavy atom. The summed E-state index contributed by atoms with van der Waals surface area (Å²) in [5.41, 5.74) is 3.33. The van der Waals surface area contributed by atoms with Gasteiger partial charge in [-0.1, -0.05) is 0 Å². The van der Waals surface area contributed by atoms with Gasteiger partial charge in [0, 0.05) is 19.3 Å². The first kappa shape index (κ1) is 14.0. The third kappa shape index (κ3) is 4.00. The number of anilines is 1. The van der Waals surface area contributed by atoms with Crippen molar-refractivity contribution in [1.29, 1.82) is 0 Å². The fourth-order valence-electron chi connectivity index (χ4n) is 2.03. The lowest BCUT2D eigenvalue weighted by molar-refractivity contribution is 0.0128. The van der Waals surface area contributed by atoms with Crippen LogP contribution >= 0.6 is 0 Å². The molecular weight excluding hydrogens is 212 g/mol. The molecule has 0 amide bonds. The summed E-state index contributed by atoms with van der Waals surface area (Å²) < 4.78 is 5.45. The average molecular weight is 236 g/mol. The van der Waals surface area contributed by atoms with Crippen molar-refractivity contribution in [3.63, 3.8) is 0 Å². The Bertz CT molecular complexity index is 354. The molecule has 1 heterocycles. The van der Waals surface area contributed by atoms with Crippen LogP contribution in [-0.4, -0.2) is 23.7 Å². The summed E-state index contributed by atoms with van der Waals surface area (Å²) in [4.78, 5) is 4.32. The monoisotopic (exact) mass is 236 g/mol. The maximum absolute atomic E-state index is 5.45. The second-order valence-electron chi connectivity index (χ2n) is 5.30. The first-order valence-corrected chi connectivity index (χ1v) is 6.09. The number of aromatic nitrogens is 1. The zero-order valence-corrected chi connectivity index (χ0v) is 11.8. The van der Waals surface area contributed by atoms with Crippen LogP contribution in [0.2, 0.25) is 0 Å². The Balaban J connectivity index is 2.72. The van der Waals surface area contributed by atoms with Gasteiger partial charge in [-0.3, -0.25) is 4.98 Å². The van der Waals surface area contributed by atoms with E-state index in [4.69, 9.17) is 4.74 Å². The number of hydrogen-bond acceptors (Lipinski definition) is 3. The van der Waals surface area contributed by atoms with Crippen LogP contribution in [0.15, 0.2) is 12.3 Å². The molecule has 17 heavy (non-hydrogen) atoms. The molecule has 0 aliphatic rings. The van der Waals surface area contributed by atoms with Gasteiger partial charge in [0.1, 0.15) is 0 Å². The number of ether oxygens (including phenoxy) is 1. The SMILES string of the molecule is COC(C)(C)CC(C)Nc1c(C)ccnc1C. The highest BCUT2D eigenvalue weighted by Crippen LogP contribution is 2.22. The van der Waals surface area contributed by atoms with Gasteiger partial charge in [0.2, 0.25) is 0 Å². The van der Waals surface area contributed by atoms with Crippen LogP contribution in [0.1, 0.15) is 38.4 Å². The molecule has 0 aromatic carbocycles. The number of aryl methyl sites for hydroxylation is 2. The van der Waals surface area contributed by atoms with E-state index in [0.717, 1.165) is 17.8 Å². The standard InChI is InChI=1S/C14H24N2O/c1-10-7-8-15-12(3)13(10)16-11(2)9-14(4,5)17-6/h7-8,11,16H,9H2,1-6H3. The normalized spacial score (nSPS) is 13.5. The van der Waals surface area contributed by atoms with Gasteiger partial charge in [-0.2, -0.15) is 0 Å². The molecule has 1 N–H and O–H groups in total. The van der Waals surface area contributed by atoms with E-state index < -0.39 is 0 Å². The predicted octanol–water partition coefficient (Wildman–Crippen LogP) is 3.31. The maximum Gasteiger partial charge on any atom is 0.0642 e. The van der Waals surface area contributed by atoms with Crippen molar-refractivity contribution in [1.82, 2.24) is 4.98 Å². The van der Waals surface area contributed by atoms with Gasteiger partial charge >= 0.3 is 0 Å². The largest absolute Gasteiger partial charge is 0.381 e. The molecule has 1 unspecified atom stereocenters. The number of hydrogen-bond donors (Lipinski definition) is 1. The summed E-state index contributed by atoms with van der Waals surface area (Å²) in [5.74, 6) is 0. The summed E-state index contributed by atoms with van der Waals surface area (Å²) in [7, 11) is 1.76. The summed E-state index contributed by atoms with van der Waals surface area (Å²) in [6.45, 7) is 10.5. The van der Waals surface area contributed by atoms with Crippen molar-refractivity contribution >= 4 is 5.69 Å². The Kier molecular flexibility index (Phi) is 4.52. The molecule has 0 saturated carbocycles. The van der Waals surface area contributed by atoms with Gasteiger partial charge in [-0.05, 0) is 52.7 Å². The topological polar surface area (TPSA) is 34.1 Å². The lowest BCUT2D eigenvalue weighted by Crippen LogP contribution is -2.31. The molecule has 96 valence electrons. The zero-order chi connectivity index (χ0) is 13.1. The third-order valence-corrected chi connectivity index (χ3v) is 3.09. The van der Waals surface area contributed by atoms with Crippen molar-refractivity contribution < 1.29 is 4.74 Å². The molecule has 0 saturated heterocycles. The van der Waals surface area contributed by atoms with E-state index >= 15 is 0 Å². The van der Waals surface area contributed by atoms with Gasteiger partial charge in [0.25, 0.3) is 0 Å². The van der Waals surface area contributed by atoms with Gasteiger partial charge in [-0.25, -0.2) is 0 Å². The van der Waals surface area contributed by atoms with E-state index in [1.54, 1.807) is 7.11 Å². The molecule has 1 aromatic heterocycles. The quantitative estimate of drug-likeness (QED) is 0.851. The molecule has 1 atom stereocenters. The summed E-state index contributed by atoms with van der Waals surface area (Å²) in [6.07, 6.45) is 2.80. The van der Waals surface area contributed by atoms with Crippen molar-refractivity contribution in [2.45, 2.75) is 52.7 Å². The summed E-state index contributed by atoms with van der Waals surface area (Å²) >= 11 is 0. The maximum atomic E-state index is 5.45. The molecule has 0 spiro atoms. The van der Waals surface area contributed by atoms with Gasteiger partial charge in [0.15, 0.2) is 0 Å². The van der Waals surface area contributed by atoms with E-state index in [-0.39, 0.29) is 5.60 Å². The third-order valence-electron chi connectivity index (χ3n) is 3.09. The molecule has 0 aliphatic carbocycles. The molecule has 3 nitrogen and oxygen atoms in total. The summed E-state index contributed by atoms with van der Waals surface area (Å²) in [6, 6.07) is 2.38. The molecule has 0 radical (unpaired) electrons. The lowest BCUT2D eigenvalue weighted by atomic mass is 9.99. The fourth-order valence-corrected chi connectivity index (χ4v) is 2.03. The summed E-state index contributed by atoms with van der Waals surface area (Å²) in [5, 5.41) is 3.53. The van der Waals surface area contributed by atoms with Crippen LogP contribution in [0.5, 0.6) is 0 Å². The van der Waals surface area contributed by atoms with Gasteiger partial charge < -0.3 is 10.1 Å². The number of nitrogens with zero attached hydrogens (tertiary/aromatic N) is 1. The minimum atomic E-state index is -0.101. The number of rotatable bonds is 5. The molecule has 1 rings (SSSR count). The fraction of sp³-hybridized carbons (Fsp3) is 0.643. The zero-order valence-electron chi connectivity index (χ0n) is 11.8. The van der Waals surface area contributed by atoms with E-state index in [1.165, 1.54) is 5.56 Å². The number of methoxy groups -OCH3 is 1. The van der Waals surface area contributed by atoms with Crippen molar-refractivity contribution in [2.24, 2.45) is 0 Å². The minimum absolute atomic E-state index is 0.101. The van der Waals surface area contributed by atoms with Crippen LogP contribution in [0.25, 0.3) is 0 Å². The molecule has 0 bridgehead atoms. The highest BCUT2D eigenvalue weighted by molar-refractivity contribution is 5.54. The number of nitrogens with one attached hydrogen (secondary N) is 1. The van der Waals surface area contributed by atoms with E-state index in [0.29, 0.717) is 6.04 Å². The van der Waals surface area contributed by atoms with E-state index in [1.807, 2.05) is 19.2 Å². The van der Waals surface area contributed by atoms with Crippen molar-refractivity contribution in [3.05, 3.63) is 23.5 Å². The predicted molar refractivity (Wildman–Crippen MR) is 72.5 cm³/mol. The van der Waals surface area contributed by atoms with Crippen LogP contribution in [0.4, 0.5) is 5.69 Å². The molecular formula is C14H24N2O. The van der Waals surface area contributed by atoms with E-state index in [9.17, 15) is 0 Å². The Hall–Kier alpha value is -1.09. The van der Waals surface area contributed by atoms with Crippen molar-refractivity contribution in [3.8, 4) is 0 Å². The Morgan fingerprint density at radius 1 is 1.41 bits per heavy atom. The minimum Gasteiger partial charge on any atom is -0.381 e. The first-order valence-electron chi connectivity index (χ1n) is 6.09. The van der Waals surface area contributed by atoms with Crippen molar-refractivity contribution in [2.75, 3.05) is 12.4 Å². The van der Waals surface area contributed by atoms with Gasteiger partial charge in [0.05, 0.1) is 17.0 Å². The Labute approximate surface area is 105 Å². The van der Waals surface area contributed by atoms with E-state index in [2.05, 4.69) is 38.0 Å². The second-order valence-corrected chi connectivity index (χ2v) is 5.30. The Morgan fingerprint density at radius 2 is 2.06 bits per heavy atom. The van der Waals surface area contributed by atoms with Crippen LogP contribution in [0, 0.1) is 13.8 Å². The van der Waals surface area contributed by atoms with Gasteiger partial charge in [-0.15, -0.1) is 0 Å². The highest BCUT2D eigenvalue weighted by Gasteiger charge is 2.20. The average Bonchev–Trinajstić information content (AvgIpc) is 2.23. The first-order chi connectivity index (χ1) is 7.85. The van der Waals surface area contributed by atoms with Crippen LogP contribution in [-0.2, 0) is 4.74 Å². The molecule has 3 heteroatoms. The molecule has 0 fully saturated rings. The van der Waals surface area contributed by atoms with Crippen LogP contribution in [0.3, 0.4) is 0 Å². The highest BCUT2D eigenvalue weighted by atomic mass is 16.5. The molecule has 1 aromatic rings. The number of pyridine rings is 1. The molecule has 0 aliphatic heterocycles.